The number of hydrogen-bond acceptors (Lipinski definition) is 1. The Balaban J connectivity index is 3.04. The van der Waals surface area contributed by atoms with Gasteiger partial charge in [0.2, 0.25) is 0 Å². The first-order valence-corrected chi connectivity index (χ1v) is 2.90. The number of rotatable bonds is 0. The van der Waals surface area contributed by atoms with Crippen LogP contribution in [-0.4, -0.2) is 10.1 Å². The molecule has 0 aromatic carbocycles. The van der Waals surface area contributed by atoms with Crippen molar-refractivity contribution in [3.05, 3.63) is 15.8 Å². The molecule has 1 aromatic heterocycles. The van der Waals surface area contributed by atoms with Gasteiger partial charge in [-0.15, -0.1) is 0 Å². The number of aromatic hydroxyl groups is 1. The average Bonchev–Trinajstić information content (AvgIpc) is 1.87. The number of aromatic amines is 1. The van der Waals surface area contributed by atoms with Gasteiger partial charge in [0.15, 0.2) is 5.88 Å². The minimum Gasteiger partial charge on any atom is -0.495 e. The molecule has 1 aromatic rings. The van der Waals surface area contributed by atoms with Crippen molar-refractivity contribution in [1.82, 2.24) is 4.98 Å². The van der Waals surface area contributed by atoms with Gasteiger partial charge >= 0.3 is 0 Å². The normalized spacial score (nSPS) is 9.29. The molecule has 0 atom stereocenters. The monoisotopic (exact) mass is 209 g/mol. The Morgan fingerprint density at radius 3 is 2.43 bits per heavy atom. The van der Waals surface area contributed by atoms with Crippen LogP contribution in [0.3, 0.4) is 0 Å². The van der Waals surface area contributed by atoms with Crippen LogP contribution in [0.2, 0.25) is 0 Å². The number of halogens is 1. The molecule has 0 amide bonds. The molecule has 1 heterocycles. The Morgan fingerprint density at radius 2 is 2.29 bits per heavy atom. The standard InChI is InChI=1S/C4H4INO/c5-3-1-2-4(7)6-3/h1-2,6-7H. The Hall–Kier alpha value is -0.190. The molecule has 2 nitrogen and oxygen atoms in total. The molecule has 0 radical (unpaired) electrons. The van der Waals surface area contributed by atoms with Gasteiger partial charge in [0, 0.05) is 6.07 Å². The van der Waals surface area contributed by atoms with E-state index in [4.69, 9.17) is 5.11 Å². The second-order valence-electron chi connectivity index (χ2n) is 1.19. The van der Waals surface area contributed by atoms with Crippen LogP contribution < -0.4 is 0 Å². The Labute approximate surface area is 54.7 Å². The van der Waals surface area contributed by atoms with E-state index in [9.17, 15) is 0 Å². The van der Waals surface area contributed by atoms with Gasteiger partial charge in [-0.2, -0.15) is 0 Å². The first-order chi connectivity index (χ1) is 3.29. The predicted octanol–water partition coefficient (Wildman–Crippen LogP) is 1.32. The van der Waals surface area contributed by atoms with E-state index in [1.54, 1.807) is 12.1 Å². The molecule has 0 saturated heterocycles. The molecule has 0 spiro atoms. The van der Waals surface area contributed by atoms with E-state index >= 15 is 0 Å². The number of aromatic nitrogens is 1. The van der Waals surface area contributed by atoms with Gasteiger partial charge in [-0.1, -0.05) is 0 Å². The second kappa shape index (κ2) is 1.73. The summed E-state index contributed by atoms with van der Waals surface area (Å²) in [5.41, 5.74) is 0. The molecule has 2 N–H and O–H groups in total. The summed E-state index contributed by atoms with van der Waals surface area (Å²) in [6, 6.07) is 3.41. The molecule has 3 heteroatoms. The fraction of sp³-hybridized carbons (Fsp3) is 0. The highest BCUT2D eigenvalue weighted by molar-refractivity contribution is 14.1. The Kier molecular flexibility index (Phi) is 1.23. The van der Waals surface area contributed by atoms with Crippen molar-refractivity contribution in [1.29, 1.82) is 0 Å². The highest BCUT2D eigenvalue weighted by atomic mass is 127. The van der Waals surface area contributed by atoms with Gasteiger partial charge in [0.05, 0.1) is 3.70 Å². The van der Waals surface area contributed by atoms with Gasteiger partial charge in [-0.3, -0.25) is 0 Å². The van der Waals surface area contributed by atoms with Gasteiger partial charge in [-0.05, 0) is 28.7 Å². The first-order valence-electron chi connectivity index (χ1n) is 1.82. The van der Waals surface area contributed by atoms with Gasteiger partial charge in [0.1, 0.15) is 0 Å². The lowest BCUT2D eigenvalue weighted by molar-refractivity contribution is 0.456. The maximum atomic E-state index is 8.59. The molecule has 0 aliphatic heterocycles. The molecule has 38 valence electrons. The molecule has 7 heavy (non-hydrogen) atoms. The van der Waals surface area contributed by atoms with Crippen molar-refractivity contribution >= 4 is 22.6 Å². The van der Waals surface area contributed by atoms with Crippen LogP contribution in [0.25, 0.3) is 0 Å². The zero-order chi connectivity index (χ0) is 5.28. The quantitative estimate of drug-likeness (QED) is 0.621. The molecule has 0 fully saturated rings. The SMILES string of the molecule is Oc1ccc(I)[nH]1. The van der Waals surface area contributed by atoms with E-state index in [0.29, 0.717) is 0 Å². The summed E-state index contributed by atoms with van der Waals surface area (Å²) < 4.78 is 0.954. The number of hydrogen-bond donors (Lipinski definition) is 2. The summed E-state index contributed by atoms with van der Waals surface area (Å²) in [6.45, 7) is 0. The summed E-state index contributed by atoms with van der Waals surface area (Å²) >= 11 is 2.09. The summed E-state index contributed by atoms with van der Waals surface area (Å²) in [6.07, 6.45) is 0. The van der Waals surface area contributed by atoms with E-state index in [0.717, 1.165) is 3.70 Å². The Morgan fingerprint density at radius 1 is 1.57 bits per heavy atom. The smallest absolute Gasteiger partial charge is 0.189 e. The molecular formula is C4H4INO. The molecule has 0 unspecified atom stereocenters. The van der Waals surface area contributed by atoms with Gasteiger partial charge in [0.25, 0.3) is 0 Å². The van der Waals surface area contributed by atoms with E-state index in [1.165, 1.54) is 0 Å². The van der Waals surface area contributed by atoms with Crippen molar-refractivity contribution in [2.45, 2.75) is 0 Å². The molecule has 0 saturated carbocycles. The van der Waals surface area contributed by atoms with Crippen LogP contribution in [0.15, 0.2) is 12.1 Å². The van der Waals surface area contributed by atoms with Gasteiger partial charge < -0.3 is 10.1 Å². The molecular weight excluding hydrogens is 205 g/mol. The van der Waals surface area contributed by atoms with Gasteiger partial charge in [-0.25, -0.2) is 0 Å². The number of H-pyrrole nitrogens is 1. The van der Waals surface area contributed by atoms with Crippen molar-refractivity contribution in [2.24, 2.45) is 0 Å². The third kappa shape index (κ3) is 1.09. The molecule has 0 bridgehead atoms. The van der Waals surface area contributed by atoms with Crippen LogP contribution in [0.4, 0.5) is 0 Å². The highest BCUT2D eigenvalue weighted by Crippen LogP contribution is 2.08. The lowest BCUT2D eigenvalue weighted by atomic mass is 10.7. The minimum atomic E-state index is 0.226. The lowest BCUT2D eigenvalue weighted by Gasteiger charge is -1.75. The Bertz CT molecular complexity index is 144. The fourth-order valence-electron chi connectivity index (χ4n) is 0.358. The maximum Gasteiger partial charge on any atom is 0.189 e. The minimum absolute atomic E-state index is 0.226. The lowest BCUT2D eigenvalue weighted by Crippen LogP contribution is -1.61. The summed E-state index contributed by atoms with van der Waals surface area (Å²) in [4.78, 5) is 2.68. The third-order valence-electron chi connectivity index (χ3n) is 0.635. The van der Waals surface area contributed by atoms with Crippen LogP contribution in [0.1, 0.15) is 0 Å². The van der Waals surface area contributed by atoms with Crippen molar-refractivity contribution in [3.8, 4) is 5.88 Å². The average molecular weight is 209 g/mol. The zero-order valence-electron chi connectivity index (χ0n) is 3.48. The number of nitrogens with one attached hydrogen (secondary N) is 1. The predicted molar refractivity (Wildman–Crippen MR) is 35.2 cm³/mol. The van der Waals surface area contributed by atoms with E-state index in [2.05, 4.69) is 27.6 Å². The van der Waals surface area contributed by atoms with Crippen LogP contribution in [0.5, 0.6) is 5.88 Å². The van der Waals surface area contributed by atoms with Crippen molar-refractivity contribution < 1.29 is 5.11 Å². The molecule has 0 aliphatic rings. The molecule has 1 rings (SSSR count). The largest absolute Gasteiger partial charge is 0.495 e. The second-order valence-corrected chi connectivity index (χ2v) is 2.35. The van der Waals surface area contributed by atoms with Crippen LogP contribution in [0, 0.1) is 3.70 Å². The maximum absolute atomic E-state index is 8.59. The third-order valence-corrected chi connectivity index (χ3v) is 1.26. The molecule has 0 aliphatic carbocycles. The summed E-state index contributed by atoms with van der Waals surface area (Å²) in [5, 5.41) is 8.59. The van der Waals surface area contributed by atoms with E-state index < -0.39 is 0 Å². The topological polar surface area (TPSA) is 36.0 Å². The van der Waals surface area contributed by atoms with E-state index in [1.807, 2.05) is 0 Å². The fourth-order valence-corrected chi connectivity index (χ4v) is 0.814. The van der Waals surface area contributed by atoms with Crippen molar-refractivity contribution in [3.63, 3.8) is 0 Å². The van der Waals surface area contributed by atoms with Crippen molar-refractivity contribution in [2.75, 3.05) is 0 Å². The van der Waals surface area contributed by atoms with Crippen LogP contribution >= 0.6 is 22.6 Å². The van der Waals surface area contributed by atoms with E-state index in [-0.39, 0.29) is 5.88 Å². The summed E-state index contributed by atoms with van der Waals surface area (Å²) in [7, 11) is 0. The highest BCUT2D eigenvalue weighted by Gasteiger charge is 1.86. The zero-order valence-corrected chi connectivity index (χ0v) is 5.64. The summed E-state index contributed by atoms with van der Waals surface area (Å²) in [5.74, 6) is 0.226. The van der Waals surface area contributed by atoms with Crippen LogP contribution in [-0.2, 0) is 0 Å². The first kappa shape index (κ1) is 4.96.